The lowest BCUT2D eigenvalue weighted by molar-refractivity contribution is 0.0519. The highest BCUT2D eigenvalue weighted by Gasteiger charge is 2.22. The van der Waals surface area contributed by atoms with Crippen molar-refractivity contribution in [3.8, 4) is 0 Å². The Morgan fingerprint density at radius 2 is 1.29 bits per heavy atom. The van der Waals surface area contributed by atoms with Gasteiger partial charge in [-0.3, -0.25) is 9.98 Å². The quantitative estimate of drug-likeness (QED) is 0.109. The second-order valence-electron chi connectivity index (χ2n) is 10.6. The van der Waals surface area contributed by atoms with E-state index in [1.807, 2.05) is 48.8 Å². The fraction of sp³-hybridized carbons (Fsp3) is 0.125. The number of aliphatic imine (C=N–C) groups is 2. The summed E-state index contributed by atoms with van der Waals surface area (Å²) in [7, 11) is 0. The number of anilines is 4. The van der Waals surface area contributed by atoms with Crippen LogP contribution in [0.3, 0.4) is 0 Å². The van der Waals surface area contributed by atoms with Crippen molar-refractivity contribution in [1.29, 1.82) is 0 Å². The van der Waals surface area contributed by atoms with E-state index in [2.05, 4.69) is 82.4 Å². The number of nitrogens with zero attached hydrogens (tertiary/aromatic N) is 6. The minimum absolute atomic E-state index is 0.0460. The maximum absolute atomic E-state index is 12.1. The number of ether oxygens (including phenoxy) is 1. The summed E-state index contributed by atoms with van der Waals surface area (Å²) in [6.07, 6.45) is 6.53. The highest BCUT2D eigenvalue weighted by atomic mass is 79.9. The number of aromatic nitrogens is 6. The van der Waals surface area contributed by atoms with Crippen LogP contribution in [0.1, 0.15) is 50.2 Å². The average molecular weight is 772 g/mol. The monoisotopic (exact) mass is 770 g/mol. The maximum atomic E-state index is 12.1. The topological polar surface area (TPSA) is 196 Å². The number of rotatable bonds is 7. The van der Waals surface area contributed by atoms with Crippen LogP contribution in [0.2, 0.25) is 0 Å². The van der Waals surface area contributed by atoms with E-state index in [1.54, 1.807) is 6.92 Å². The Balaban J connectivity index is 0.000000152. The molecule has 0 amide bonds. The second-order valence-corrected chi connectivity index (χ2v) is 12.1. The van der Waals surface area contributed by atoms with Crippen LogP contribution in [-0.2, 0) is 17.8 Å². The van der Waals surface area contributed by atoms with Crippen molar-refractivity contribution >= 4 is 101 Å². The normalized spacial score (nSPS) is 12.5. The summed E-state index contributed by atoms with van der Waals surface area (Å²) in [5.74, 6) is -0.374. The van der Waals surface area contributed by atoms with Crippen molar-refractivity contribution < 1.29 is 19.4 Å². The number of H-pyrrole nitrogens is 2. The van der Waals surface area contributed by atoms with Crippen LogP contribution >= 0.6 is 31.9 Å². The van der Waals surface area contributed by atoms with E-state index in [1.165, 1.54) is 23.8 Å². The van der Waals surface area contributed by atoms with Crippen LogP contribution in [0.5, 0.6) is 0 Å². The van der Waals surface area contributed by atoms with Crippen LogP contribution in [0.4, 0.5) is 23.0 Å². The number of carboxylic acids is 1. The number of hydrogen-bond acceptors (Lipinski definition) is 11. The van der Waals surface area contributed by atoms with Crippen molar-refractivity contribution in [2.45, 2.75) is 20.0 Å². The van der Waals surface area contributed by atoms with E-state index in [0.29, 0.717) is 61.5 Å². The molecular formula is C32H24Br2N10O4. The van der Waals surface area contributed by atoms with Gasteiger partial charge in [0.25, 0.3) is 0 Å². The predicted molar refractivity (Wildman–Crippen MR) is 188 cm³/mol. The number of nitrogens with one attached hydrogen (secondary N) is 4. The number of esters is 1. The number of carbonyl (C=O) groups excluding carboxylic acids is 1. The largest absolute Gasteiger partial charge is 0.477 e. The predicted octanol–water partition coefficient (Wildman–Crippen LogP) is 6.67. The third-order valence-electron chi connectivity index (χ3n) is 7.55. The molecule has 0 saturated heterocycles. The van der Waals surface area contributed by atoms with Gasteiger partial charge in [0.15, 0.2) is 0 Å². The zero-order valence-corrected chi connectivity index (χ0v) is 28.2. The lowest BCUT2D eigenvalue weighted by atomic mass is 10.1. The molecule has 6 aromatic rings. The molecule has 2 aliphatic rings. The van der Waals surface area contributed by atoms with Crippen molar-refractivity contribution in [2.24, 2.45) is 9.98 Å². The van der Waals surface area contributed by atoms with E-state index in [9.17, 15) is 14.7 Å². The molecule has 0 bridgehead atoms. The Labute approximate surface area is 288 Å². The van der Waals surface area contributed by atoms with Gasteiger partial charge >= 0.3 is 11.9 Å². The summed E-state index contributed by atoms with van der Waals surface area (Å²) in [5, 5.41) is 17.0. The molecule has 2 aliphatic heterocycles. The van der Waals surface area contributed by atoms with Gasteiger partial charge in [-0.2, -0.15) is 0 Å². The molecule has 0 spiro atoms. The van der Waals surface area contributed by atoms with Crippen LogP contribution in [0, 0.1) is 0 Å². The summed E-state index contributed by atoms with van der Waals surface area (Å²) in [6.45, 7) is 3.49. The molecule has 0 atom stereocenters. The van der Waals surface area contributed by atoms with Gasteiger partial charge < -0.3 is 30.4 Å². The number of aromatic amines is 2. The molecule has 4 aromatic heterocycles. The SMILES string of the molecule is CCOC(=O)c1[nH]c2ncnc(Nc3ccc4c(c3)C=NC4)c2c1Br.O=C(O)c1[nH]c2ncnc(Nc3ccc4c(c3)C=NC4)c2c1Br. The molecule has 16 heteroatoms. The Bertz CT molecular complexity index is 2310. The van der Waals surface area contributed by atoms with Crippen LogP contribution in [0.25, 0.3) is 22.1 Å². The van der Waals surface area contributed by atoms with Crippen molar-refractivity contribution in [2.75, 3.05) is 17.2 Å². The number of benzene rings is 2. The van der Waals surface area contributed by atoms with Gasteiger partial charge in [0.1, 0.15) is 47.0 Å². The van der Waals surface area contributed by atoms with Crippen LogP contribution in [0.15, 0.2) is 68.0 Å². The third kappa shape index (κ3) is 5.91. The smallest absolute Gasteiger partial charge is 0.355 e. The van der Waals surface area contributed by atoms with E-state index < -0.39 is 11.9 Å². The van der Waals surface area contributed by atoms with E-state index in [-0.39, 0.29) is 5.69 Å². The first-order valence-electron chi connectivity index (χ1n) is 14.5. The fourth-order valence-corrected chi connectivity index (χ4v) is 6.57. The number of aromatic carboxylic acids is 1. The summed E-state index contributed by atoms with van der Waals surface area (Å²) in [5.41, 5.74) is 7.65. The first kappa shape index (κ1) is 31.1. The Hall–Kier alpha value is -5.48. The number of fused-ring (bicyclic) bond motifs is 4. The molecule has 14 nitrogen and oxygen atoms in total. The van der Waals surface area contributed by atoms with Gasteiger partial charge in [-0.25, -0.2) is 29.5 Å². The highest BCUT2D eigenvalue weighted by molar-refractivity contribution is 9.11. The number of hydrogen-bond donors (Lipinski definition) is 5. The maximum Gasteiger partial charge on any atom is 0.355 e. The van der Waals surface area contributed by atoms with Gasteiger partial charge in [0.05, 0.1) is 39.4 Å². The van der Waals surface area contributed by atoms with Gasteiger partial charge in [-0.05, 0) is 85.3 Å². The average Bonchev–Trinajstić information content (AvgIpc) is 3.87. The molecule has 240 valence electrons. The van der Waals surface area contributed by atoms with E-state index in [4.69, 9.17) is 4.74 Å². The van der Waals surface area contributed by atoms with Crippen molar-refractivity contribution in [3.05, 3.63) is 91.6 Å². The van der Waals surface area contributed by atoms with Gasteiger partial charge in [-0.1, -0.05) is 12.1 Å². The lowest BCUT2D eigenvalue weighted by Gasteiger charge is -2.08. The minimum atomic E-state index is -1.06. The molecule has 48 heavy (non-hydrogen) atoms. The molecule has 6 heterocycles. The lowest BCUT2D eigenvalue weighted by Crippen LogP contribution is -2.05. The Kier molecular flexibility index (Phi) is 8.41. The minimum Gasteiger partial charge on any atom is -0.477 e. The molecule has 5 N–H and O–H groups in total. The van der Waals surface area contributed by atoms with Gasteiger partial charge in [-0.15, -0.1) is 0 Å². The number of carbonyl (C=O) groups is 2. The molecule has 0 aliphatic carbocycles. The second kappa shape index (κ2) is 13.0. The molecule has 8 rings (SSSR count). The van der Waals surface area contributed by atoms with Crippen LogP contribution < -0.4 is 10.6 Å². The molecule has 0 radical (unpaired) electrons. The third-order valence-corrected chi connectivity index (χ3v) is 9.14. The molecule has 0 fully saturated rings. The highest BCUT2D eigenvalue weighted by Crippen LogP contribution is 2.35. The molecule has 2 aromatic carbocycles. The van der Waals surface area contributed by atoms with Crippen molar-refractivity contribution in [1.82, 2.24) is 29.9 Å². The zero-order valence-electron chi connectivity index (χ0n) is 25.0. The molecule has 0 unspecified atom stereocenters. The van der Waals surface area contributed by atoms with Gasteiger partial charge in [0.2, 0.25) is 0 Å². The van der Waals surface area contributed by atoms with E-state index in [0.717, 1.165) is 29.0 Å². The molecule has 0 saturated carbocycles. The molecular weight excluding hydrogens is 748 g/mol. The first-order valence-corrected chi connectivity index (χ1v) is 16.1. The number of carboxylic acid groups (broad SMARTS) is 1. The Morgan fingerprint density at radius 3 is 1.79 bits per heavy atom. The number of halogens is 2. The Morgan fingerprint density at radius 1 is 0.792 bits per heavy atom. The first-order chi connectivity index (χ1) is 23.3. The summed E-state index contributed by atoms with van der Waals surface area (Å²) >= 11 is 6.78. The van der Waals surface area contributed by atoms with Crippen molar-refractivity contribution in [3.63, 3.8) is 0 Å². The summed E-state index contributed by atoms with van der Waals surface area (Å²) < 4.78 is 6.06. The van der Waals surface area contributed by atoms with E-state index >= 15 is 0 Å². The fourth-order valence-electron chi connectivity index (χ4n) is 5.29. The summed E-state index contributed by atoms with van der Waals surface area (Å²) in [6, 6.07) is 12.0. The van der Waals surface area contributed by atoms with Crippen LogP contribution in [-0.4, -0.2) is 66.0 Å². The summed E-state index contributed by atoms with van der Waals surface area (Å²) in [4.78, 5) is 54.4. The zero-order chi connectivity index (χ0) is 33.4. The standard InChI is InChI=1S/C17H14BrN5O2.C15H10BrN5O2/c1-2-25-17(24)14-13(18)12-15(20-8-21-16(12)23-14)22-11-4-3-9-6-19-7-10(9)5-11;16-11-10-13(18-6-19-14(10)21-12(11)15(22)23)20-9-2-1-7-4-17-5-8(7)3-9/h3-5,7-8H,2,6H2,1H3,(H2,20,21,22,23);1-3,5-6H,4H2,(H,22,23)(H2,18,19,20,21). The van der Waals surface area contributed by atoms with Gasteiger partial charge in [0, 0.05) is 23.8 Å².